The quantitative estimate of drug-likeness (QED) is 0.832. The summed E-state index contributed by atoms with van der Waals surface area (Å²) in [5, 5.41) is 10.5. The number of aromatic nitrogens is 3. The molecule has 1 aromatic heterocycles. The third-order valence-electron chi connectivity index (χ3n) is 4.67. The molecular formula is C19H26FN5O. The van der Waals surface area contributed by atoms with E-state index in [0.29, 0.717) is 24.0 Å². The Morgan fingerprint density at radius 1 is 1.42 bits per heavy atom. The molecule has 1 aliphatic heterocycles. The Morgan fingerprint density at radius 2 is 2.23 bits per heavy atom. The molecule has 0 aliphatic carbocycles. The molecule has 1 atom stereocenters. The summed E-state index contributed by atoms with van der Waals surface area (Å²) in [6.07, 6.45) is 3.31. The van der Waals surface area contributed by atoms with Crippen LogP contribution in [0.25, 0.3) is 5.69 Å². The number of carbonyl (C=O) groups excluding carboxylic acids is 1. The van der Waals surface area contributed by atoms with Gasteiger partial charge in [-0.15, -0.1) is 5.10 Å². The van der Waals surface area contributed by atoms with Crippen LogP contribution in [-0.2, 0) is 0 Å². The van der Waals surface area contributed by atoms with Crippen LogP contribution in [-0.4, -0.2) is 40.3 Å². The van der Waals surface area contributed by atoms with Crippen LogP contribution in [0.3, 0.4) is 0 Å². The van der Waals surface area contributed by atoms with Gasteiger partial charge in [-0.1, -0.05) is 26.0 Å². The van der Waals surface area contributed by atoms with Crippen LogP contribution in [0.4, 0.5) is 4.39 Å². The summed E-state index contributed by atoms with van der Waals surface area (Å²) in [7, 11) is 0. The number of nitrogens with one attached hydrogen (secondary N) is 2. The van der Waals surface area contributed by atoms with E-state index in [1.807, 2.05) is 13.8 Å². The van der Waals surface area contributed by atoms with Crippen LogP contribution in [0.1, 0.15) is 55.5 Å². The highest BCUT2D eigenvalue weighted by Gasteiger charge is 2.21. The average Bonchev–Trinajstić information content (AvgIpc) is 3.08. The van der Waals surface area contributed by atoms with Crippen molar-refractivity contribution in [2.75, 3.05) is 19.6 Å². The number of halogens is 1. The number of nitrogens with zero attached hydrogens (tertiary/aromatic N) is 3. The van der Waals surface area contributed by atoms with Crippen molar-refractivity contribution in [1.29, 1.82) is 0 Å². The fourth-order valence-corrected chi connectivity index (χ4v) is 3.23. The van der Waals surface area contributed by atoms with Crippen LogP contribution in [0.15, 0.2) is 24.3 Å². The number of para-hydroxylation sites is 1. The lowest BCUT2D eigenvalue weighted by Gasteiger charge is -2.22. The zero-order chi connectivity index (χ0) is 18.5. The minimum absolute atomic E-state index is 0.0111. The average molecular weight is 359 g/mol. The van der Waals surface area contributed by atoms with Gasteiger partial charge in [0.05, 0.1) is 0 Å². The zero-order valence-electron chi connectivity index (χ0n) is 15.3. The first-order valence-electron chi connectivity index (χ1n) is 9.27. The van der Waals surface area contributed by atoms with E-state index in [2.05, 4.69) is 20.7 Å². The molecule has 2 N–H and O–H groups in total. The van der Waals surface area contributed by atoms with Gasteiger partial charge in [0.1, 0.15) is 17.3 Å². The van der Waals surface area contributed by atoms with E-state index < -0.39 is 5.82 Å². The van der Waals surface area contributed by atoms with Gasteiger partial charge in [0.2, 0.25) is 5.82 Å². The fourth-order valence-electron chi connectivity index (χ4n) is 3.23. The third-order valence-corrected chi connectivity index (χ3v) is 4.67. The summed E-state index contributed by atoms with van der Waals surface area (Å²) in [5.74, 6) is 0.549. The molecule has 1 aliphatic rings. The Morgan fingerprint density at radius 3 is 2.92 bits per heavy atom. The van der Waals surface area contributed by atoms with Crippen LogP contribution < -0.4 is 10.6 Å². The second-order valence-corrected chi connectivity index (χ2v) is 7.07. The Hall–Kier alpha value is -2.28. The van der Waals surface area contributed by atoms with Crippen LogP contribution >= 0.6 is 0 Å². The lowest BCUT2D eigenvalue weighted by molar-refractivity contribution is 0.0940. The third kappa shape index (κ3) is 4.27. The maximum absolute atomic E-state index is 14.1. The molecule has 3 rings (SSSR count). The van der Waals surface area contributed by atoms with Crippen molar-refractivity contribution >= 4 is 5.91 Å². The lowest BCUT2D eigenvalue weighted by atomic mass is 9.96. The minimum Gasteiger partial charge on any atom is -0.349 e. The first-order valence-corrected chi connectivity index (χ1v) is 9.27. The molecule has 140 valence electrons. The maximum Gasteiger partial charge on any atom is 0.290 e. The molecule has 0 radical (unpaired) electrons. The van der Waals surface area contributed by atoms with Crippen LogP contribution in [0.5, 0.6) is 0 Å². The first-order chi connectivity index (χ1) is 12.6. The summed E-state index contributed by atoms with van der Waals surface area (Å²) in [6.45, 7) is 6.57. The van der Waals surface area contributed by atoms with Crippen molar-refractivity contribution in [2.24, 2.45) is 5.92 Å². The van der Waals surface area contributed by atoms with Gasteiger partial charge in [0.15, 0.2) is 0 Å². The molecule has 6 nitrogen and oxygen atoms in total. The first kappa shape index (κ1) is 18.5. The van der Waals surface area contributed by atoms with Gasteiger partial charge in [0.25, 0.3) is 5.91 Å². The molecular weight excluding hydrogens is 333 g/mol. The number of piperidine rings is 1. The van der Waals surface area contributed by atoms with Gasteiger partial charge < -0.3 is 10.6 Å². The van der Waals surface area contributed by atoms with Gasteiger partial charge in [-0.3, -0.25) is 4.79 Å². The number of benzene rings is 1. The van der Waals surface area contributed by atoms with Crippen molar-refractivity contribution in [3.8, 4) is 5.69 Å². The summed E-state index contributed by atoms with van der Waals surface area (Å²) >= 11 is 0. The van der Waals surface area contributed by atoms with Crippen molar-refractivity contribution in [1.82, 2.24) is 25.4 Å². The second-order valence-electron chi connectivity index (χ2n) is 7.07. The SMILES string of the molecule is CC(C)c1nc(C(=O)NCCC2CCCNC2)nn1-c1ccccc1F. The van der Waals surface area contributed by atoms with Gasteiger partial charge in [-0.2, -0.15) is 0 Å². The Labute approximate surface area is 153 Å². The summed E-state index contributed by atoms with van der Waals surface area (Å²) in [6, 6.07) is 6.37. The maximum atomic E-state index is 14.1. The highest BCUT2D eigenvalue weighted by atomic mass is 19.1. The van der Waals surface area contributed by atoms with E-state index in [9.17, 15) is 9.18 Å². The van der Waals surface area contributed by atoms with Crippen molar-refractivity contribution in [3.05, 3.63) is 41.7 Å². The topological polar surface area (TPSA) is 71.8 Å². The Bertz CT molecular complexity index is 752. The van der Waals surface area contributed by atoms with Crippen molar-refractivity contribution in [3.63, 3.8) is 0 Å². The lowest BCUT2D eigenvalue weighted by Crippen LogP contribution is -2.33. The largest absolute Gasteiger partial charge is 0.349 e. The molecule has 0 saturated carbocycles. The number of carbonyl (C=O) groups is 1. The highest BCUT2D eigenvalue weighted by molar-refractivity contribution is 5.90. The molecule has 26 heavy (non-hydrogen) atoms. The Kier molecular flexibility index (Phi) is 5.98. The number of rotatable bonds is 6. The zero-order valence-corrected chi connectivity index (χ0v) is 15.3. The van der Waals surface area contributed by atoms with Gasteiger partial charge in [-0.25, -0.2) is 14.1 Å². The molecule has 0 bridgehead atoms. The van der Waals surface area contributed by atoms with E-state index in [1.54, 1.807) is 18.2 Å². The monoisotopic (exact) mass is 359 g/mol. The molecule has 2 aromatic rings. The van der Waals surface area contributed by atoms with E-state index >= 15 is 0 Å². The molecule has 1 aromatic carbocycles. The molecule has 1 unspecified atom stereocenters. The van der Waals surface area contributed by atoms with Crippen molar-refractivity contribution in [2.45, 2.75) is 39.0 Å². The number of hydrogen-bond donors (Lipinski definition) is 2. The van der Waals surface area contributed by atoms with Crippen LogP contribution in [0.2, 0.25) is 0 Å². The van der Waals surface area contributed by atoms with Crippen molar-refractivity contribution < 1.29 is 9.18 Å². The molecule has 7 heteroatoms. The van der Waals surface area contributed by atoms with Gasteiger partial charge in [0, 0.05) is 12.5 Å². The second kappa shape index (κ2) is 8.40. The summed E-state index contributed by atoms with van der Waals surface area (Å²) in [4.78, 5) is 16.8. The minimum atomic E-state index is -0.393. The molecule has 1 amide bonds. The normalized spacial score (nSPS) is 17.5. The number of hydrogen-bond acceptors (Lipinski definition) is 4. The molecule has 2 heterocycles. The summed E-state index contributed by atoms with van der Waals surface area (Å²) in [5.41, 5.74) is 0.302. The van der Waals surface area contributed by atoms with E-state index in [-0.39, 0.29) is 17.6 Å². The fraction of sp³-hybridized carbons (Fsp3) is 0.526. The predicted octanol–water partition coefficient (Wildman–Crippen LogP) is 2.65. The van der Waals surface area contributed by atoms with E-state index in [0.717, 1.165) is 19.5 Å². The molecule has 0 spiro atoms. The predicted molar refractivity (Wildman–Crippen MR) is 97.9 cm³/mol. The molecule has 1 saturated heterocycles. The van der Waals surface area contributed by atoms with E-state index in [1.165, 1.54) is 23.6 Å². The smallest absolute Gasteiger partial charge is 0.290 e. The Balaban J connectivity index is 1.70. The van der Waals surface area contributed by atoms with Crippen LogP contribution in [0, 0.1) is 11.7 Å². The highest BCUT2D eigenvalue weighted by Crippen LogP contribution is 2.19. The van der Waals surface area contributed by atoms with Gasteiger partial charge >= 0.3 is 0 Å². The number of amides is 1. The standard InChI is InChI=1S/C19H26FN5O/c1-13(2)18-23-17(24-25(18)16-8-4-3-7-15(16)20)19(26)22-11-9-14-6-5-10-21-12-14/h3-4,7-8,13-14,21H,5-6,9-12H2,1-2H3,(H,22,26). The molecule has 1 fully saturated rings. The summed E-state index contributed by atoms with van der Waals surface area (Å²) < 4.78 is 15.6. The van der Waals surface area contributed by atoms with E-state index in [4.69, 9.17) is 0 Å². The van der Waals surface area contributed by atoms with Gasteiger partial charge in [-0.05, 0) is 50.4 Å².